The van der Waals surface area contributed by atoms with Gasteiger partial charge in [-0.3, -0.25) is 14.9 Å². The smallest absolute Gasteiger partial charge is 0.269 e. The molecule has 0 fully saturated rings. The summed E-state index contributed by atoms with van der Waals surface area (Å²) >= 11 is 0. The summed E-state index contributed by atoms with van der Waals surface area (Å²) in [5.41, 5.74) is 3.98. The third-order valence-corrected chi connectivity index (χ3v) is 5.30. The number of fused-ring (bicyclic) bond motifs is 3. The van der Waals surface area contributed by atoms with Crippen LogP contribution in [-0.2, 0) is 11.2 Å². The second-order valence-corrected chi connectivity index (χ2v) is 6.81. The fourth-order valence-corrected chi connectivity index (χ4v) is 4.00. The molecule has 0 saturated carbocycles. The van der Waals surface area contributed by atoms with Crippen molar-refractivity contribution in [2.45, 2.75) is 25.8 Å². The molecule has 2 aromatic rings. The zero-order valence-corrected chi connectivity index (χ0v) is 15.1. The van der Waals surface area contributed by atoms with Crippen molar-refractivity contribution in [1.29, 1.82) is 0 Å². The Morgan fingerprint density at radius 3 is 2.63 bits per heavy atom. The van der Waals surface area contributed by atoms with Crippen molar-refractivity contribution >= 4 is 17.3 Å². The van der Waals surface area contributed by atoms with Crippen LogP contribution < -0.4 is 4.74 Å². The zero-order valence-electron chi connectivity index (χ0n) is 15.1. The lowest BCUT2D eigenvalue weighted by Crippen LogP contribution is -2.31. The molecule has 0 bridgehead atoms. The van der Waals surface area contributed by atoms with Gasteiger partial charge in [0.2, 0.25) is 5.91 Å². The molecule has 0 aromatic heterocycles. The van der Waals surface area contributed by atoms with Gasteiger partial charge in [0, 0.05) is 30.5 Å². The van der Waals surface area contributed by atoms with E-state index >= 15 is 0 Å². The van der Waals surface area contributed by atoms with Gasteiger partial charge in [-0.1, -0.05) is 18.2 Å². The number of amides is 1. The van der Waals surface area contributed by atoms with E-state index in [1.54, 1.807) is 19.2 Å². The molecular weight excluding hydrogens is 346 g/mol. The highest BCUT2D eigenvalue weighted by Gasteiger charge is 2.43. The number of non-ortho nitro benzene ring substituents is 1. The summed E-state index contributed by atoms with van der Waals surface area (Å²) < 4.78 is 5.35. The normalized spacial score (nSPS) is 20.5. The minimum Gasteiger partial charge on any atom is -0.497 e. The number of aryl methyl sites for hydroxylation is 1. The maximum atomic E-state index is 12.3. The zero-order chi connectivity index (χ0) is 19.1. The second kappa shape index (κ2) is 6.50. The summed E-state index contributed by atoms with van der Waals surface area (Å²) in [5, 5.41) is 17.1. The van der Waals surface area contributed by atoms with Crippen LogP contribution in [0.15, 0.2) is 47.6 Å². The molecule has 1 aliphatic heterocycles. The van der Waals surface area contributed by atoms with E-state index in [1.165, 1.54) is 29.6 Å². The highest BCUT2D eigenvalue weighted by atomic mass is 16.6. The summed E-state index contributed by atoms with van der Waals surface area (Å²) in [6, 6.07) is 12.1. The summed E-state index contributed by atoms with van der Waals surface area (Å²) in [5.74, 6) is 0.657. The van der Waals surface area contributed by atoms with Gasteiger partial charge in [-0.05, 0) is 36.1 Å². The summed E-state index contributed by atoms with van der Waals surface area (Å²) in [4.78, 5) is 22.8. The Bertz CT molecular complexity index is 952. The highest BCUT2D eigenvalue weighted by molar-refractivity contribution is 6.07. The number of nitro benzene ring substituents is 1. The van der Waals surface area contributed by atoms with Crippen LogP contribution in [0.4, 0.5) is 5.69 Å². The quantitative estimate of drug-likeness (QED) is 0.616. The standard InChI is InChI=1S/C20H19N3O4/c1-12(24)22-20(14-3-7-15(8-4-14)23(25)26)17-10-6-13-5-9-16(27-2)11-18(13)19(17)21-22/h3-5,7-9,11,17,20H,6,10H2,1-2H3/t17-,20-/m0/s1. The molecule has 27 heavy (non-hydrogen) atoms. The monoisotopic (exact) mass is 365 g/mol. The first-order valence-electron chi connectivity index (χ1n) is 8.79. The van der Waals surface area contributed by atoms with Gasteiger partial charge in [-0.25, -0.2) is 5.01 Å². The molecule has 0 spiro atoms. The van der Waals surface area contributed by atoms with E-state index in [9.17, 15) is 14.9 Å². The fourth-order valence-electron chi connectivity index (χ4n) is 4.00. The minimum absolute atomic E-state index is 0.0333. The third kappa shape index (κ3) is 2.85. The topological polar surface area (TPSA) is 85.0 Å². The number of hydrogen-bond acceptors (Lipinski definition) is 5. The first-order chi connectivity index (χ1) is 13.0. The van der Waals surface area contributed by atoms with Crippen LogP contribution in [0.1, 0.15) is 36.1 Å². The van der Waals surface area contributed by atoms with Gasteiger partial charge in [0.1, 0.15) is 5.75 Å². The molecule has 2 atom stereocenters. The maximum Gasteiger partial charge on any atom is 0.269 e. The molecule has 2 aliphatic rings. The van der Waals surface area contributed by atoms with Crippen molar-refractivity contribution in [2.24, 2.45) is 11.0 Å². The number of benzene rings is 2. The molecule has 138 valence electrons. The SMILES string of the molecule is COc1ccc2c(c1)C1=NN(C(C)=O)[C@@H](c3ccc([N+](=O)[O-])cc3)[C@H]1CC2. The maximum absolute atomic E-state index is 12.3. The Balaban J connectivity index is 1.76. The average Bonchev–Trinajstić information content (AvgIpc) is 3.08. The summed E-state index contributed by atoms with van der Waals surface area (Å²) in [7, 11) is 1.63. The fraction of sp³-hybridized carbons (Fsp3) is 0.300. The van der Waals surface area contributed by atoms with E-state index in [0.717, 1.165) is 35.4 Å². The van der Waals surface area contributed by atoms with Gasteiger partial charge in [-0.2, -0.15) is 5.10 Å². The predicted molar refractivity (Wildman–Crippen MR) is 99.7 cm³/mol. The van der Waals surface area contributed by atoms with Crippen molar-refractivity contribution in [3.63, 3.8) is 0 Å². The Labute approximate surface area is 156 Å². The number of hydrogen-bond donors (Lipinski definition) is 0. The van der Waals surface area contributed by atoms with Crippen LogP contribution in [0.5, 0.6) is 5.75 Å². The second-order valence-electron chi connectivity index (χ2n) is 6.81. The lowest BCUT2D eigenvalue weighted by molar-refractivity contribution is -0.384. The van der Waals surface area contributed by atoms with Crippen molar-refractivity contribution in [1.82, 2.24) is 5.01 Å². The molecule has 0 N–H and O–H groups in total. The molecule has 0 unspecified atom stereocenters. The van der Waals surface area contributed by atoms with Crippen LogP contribution in [0.3, 0.4) is 0 Å². The number of ether oxygens (including phenoxy) is 1. The number of nitro groups is 1. The van der Waals surface area contributed by atoms with E-state index in [1.807, 2.05) is 18.2 Å². The van der Waals surface area contributed by atoms with Crippen LogP contribution in [0.2, 0.25) is 0 Å². The number of carbonyl (C=O) groups excluding carboxylic acids is 1. The molecule has 2 aromatic carbocycles. The third-order valence-electron chi connectivity index (χ3n) is 5.30. The van der Waals surface area contributed by atoms with Crippen molar-refractivity contribution in [3.8, 4) is 5.75 Å². The molecule has 0 saturated heterocycles. The Morgan fingerprint density at radius 2 is 2.00 bits per heavy atom. The Hall–Kier alpha value is -3.22. The molecule has 7 nitrogen and oxygen atoms in total. The van der Waals surface area contributed by atoms with E-state index in [2.05, 4.69) is 5.10 Å². The summed E-state index contributed by atoms with van der Waals surface area (Å²) in [6.45, 7) is 1.49. The van der Waals surface area contributed by atoms with Gasteiger partial charge in [0.05, 0.1) is 23.8 Å². The van der Waals surface area contributed by atoms with Gasteiger partial charge in [-0.15, -0.1) is 0 Å². The minimum atomic E-state index is -0.424. The van der Waals surface area contributed by atoms with E-state index in [-0.39, 0.29) is 23.6 Å². The van der Waals surface area contributed by atoms with E-state index in [0.29, 0.717) is 0 Å². The van der Waals surface area contributed by atoms with Gasteiger partial charge in [0.15, 0.2) is 0 Å². The lowest BCUT2D eigenvalue weighted by Gasteiger charge is -2.29. The van der Waals surface area contributed by atoms with E-state index in [4.69, 9.17) is 4.74 Å². The van der Waals surface area contributed by atoms with Crippen LogP contribution in [0.25, 0.3) is 0 Å². The van der Waals surface area contributed by atoms with Crippen LogP contribution in [0, 0.1) is 16.0 Å². The predicted octanol–water partition coefficient (Wildman–Crippen LogP) is 3.47. The number of rotatable bonds is 3. The molecule has 1 amide bonds. The number of carbonyl (C=O) groups is 1. The van der Waals surface area contributed by atoms with Gasteiger partial charge in [0.25, 0.3) is 5.69 Å². The molecule has 0 radical (unpaired) electrons. The highest BCUT2D eigenvalue weighted by Crippen LogP contribution is 2.44. The van der Waals surface area contributed by atoms with Gasteiger partial charge < -0.3 is 4.74 Å². The number of hydrazone groups is 1. The van der Waals surface area contributed by atoms with E-state index < -0.39 is 4.92 Å². The van der Waals surface area contributed by atoms with Crippen LogP contribution >= 0.6 is 0 Å². The molecule has 1 heterocycles. The van der Waals surface area contributed by atoms with Crippen molar-refractivity contribution in [3.05, 3.63) is 69.3 Å². The molecule has 7 heteroatoms. The first-order valence-corrected chi connectivity index (χ1v) is 8.79. The number of methoxy groups -OCH3 is 1. The summed E-state index contributed by atoms with van der Waals surface area (Å²) in [6.07, 6.45) is 1.75. The molecule has 1 aliphatic carbocycles. The Morgan fingerprint density at radius 1 is 1.26 bits per heavy atom. The van der Waals surface area contributed by atoms with Crippen LogP contribution in [-0.4, -0.2) is 28.7 Å². The average molecular weight is 365 g/mol. The van der Waals surface area contributed by atoms with Crippen molar-refractivity contribution < 1.29 is 14.5 Å². The largest absolute Gasteiger partial charge is 0.497 e. The Kier molecular flexibility index (Phi) is 4.14. The van der Waals surface area contributed by atoms with Crippen molar-refractivity contribution in [2.75, 3.05) is 7.11 Å². The lowest BCUT2D eigenvalue weighted by atomic mass is 9.77. The number of nitrogens with zero attached hydrogens (tertiary/aromatic N) is 3. The molecule has 4 rings (SSSR count). The first kappa shape index (κ1) is 17.2. The molecular formula is C20H19N3O4. The van der Waals surface area contributed by atoms with Gasteiger partial charge >= 0.3 is 0 Å².